The molecule has 7 heteroatoms. The van der Waals surface area contributed by atoms with Crippen LogP contribution in [0.3, 0.4) is 0 Å². The van der Waals surface area contributed by atoms with Crippen LogP contribution in [0.1, 0.15) is 44.2 Å². The van der Waals surface area contributed by atoms with Crippen LogP contribution in [0.15, 0.2) is 48.5 Å². The summed E-state index contributed by atoms with van der Waals surface area (Å²) in [5.41, 5.74) is 3.98. The molecule has 2 aromatic rings. The van der Waals surface area contributed by atoms with Crippen LogP contribution < -0.4 is 10.6 Å². The molecule has 174 valence electrons. The Kier molecular flexibility index (Phi) is 6.15. The zero-order valence-corrected chi connectivity index (χ0v) is 19.1. The lowest BCUT2D eigenvalue weighted by molar-refractivity contribution is -0.139. The van der Waals surface area contributed by atoms with Crippen LogP contribution >= 0.6 is 0 Å². The first-order valence-electron chi connectivity index (χ1n) is 11.3. The van der Waals surface area contributed by atoms with Crippen LogP contribution in [0.2, 0.25) is 0 Å². The highest BCUT2D eigenvalue weighted by molar-refractivity contribution is 5.86. The average Bonchev–Trinajstić information content (AvgIpc) is 3.49. The van der Waals surface area contributed by atoms with E-state index in [-0.39, 0.29) is 30.9 Å². The summed E-state index contributed by atoms with van der Waals surface area (Å²) in [6.07, 6.45) is -0.0861. The number of carboxylic acid groups (broad SMARTS) is 1. The number of carboxylic acids is 1. The number of benzene rings is 2. The van der Waals surface area contributed by atoms with E-state index in [0.29, 0.717) is 6.42 Å². The van der Waals surface area contributed by atoms with E-state index in [1.54, 1.807) is 0 Å². The van der Waals surface area contributed by atoms with Crippen molar-refractivity contribution in [3.63, 3.8) is 0 Å². The highest BCUT2D eigenvalue weighted by Gasteiger charge is 2.44. The number of carbonyl (C=O) groups excluding carboxylic acids is 2. The van der Waals surface area contributed by atoms with E-state index < -0.39 is 29.4 Å². The van der Waals surface area contributed by atoms with Crippen LogP contribution in [0.5, 0.6) is 0 Å². The maximum Gasteiger partial charge on any atom is 0.407 e. The van der Waals surface area contributed by atoms with E-state index in [1.165, 1.54) is 0 Å². The van der Waals surface area contributed by atoms with Gasteiger partial charge in [0.05, 0.1) is 5.92 Å². The highest BCUT2D eigenvalue weighted by Crippen LogP contribution is 2.44. The van der Waals surface area contributed by atoms with Gasteiger partial charge in [0.1, 0.15) is 12.6 Å². The third-order valence-corrected chi connectivity index (χ3v) is 6.51. The lowest BCUT2D eigenvalue weighted by Crippen LogP contribution is -2.54. The van der Waals surface area contributed by atoms with Crippen molar-refractivity contribution in [1.82, 2.24) is 10.6 Å². The van der Waals surface area contributed by atoms with Crippen LogP contribution in [-0.2, 0) is 14.3 Å². The van der Waals surface area contributed by atoms with Crippen molar-refractivity contribution in [3.05, 3.63) is 59.7 Å². The van der Waals surface area contributed by atoms with Gasteiger partial charge in [0, 0.05) is 12.5 Å². The number of amides is 2. The number of ether oxygens (including phenoxy) is 1. The van der Waals surface area contributed by atoms with Crippen molar-refractivity contribution in [2.24, 2.45) is 17.3 Å². The molecule has 7 nitrogen and oxygen atoms in total. The Hall–Kier alpha value is -3.35. The number of hydrogen-bond acceptors (Lipinski definition) is 4. The van der Waals surface area contributed by atoms with Crippen LogP contribution in [0.4, 0.5) is 4.79 Å². The summed E-state index contributed by atoms with van der Waals surface area (Å²) >= 11 is 0. The van der Waals surface area contributed by atoms with E-state index >= 15 is 0 Å². The average molecular weight is 451 g/mol. The standard InChI is InChI=1S/C26H30N2O5/c1-26(2,3)22(23(29)27-13-15-12-20(15)24(30)31)28-25(32)33-14-21-18-10-6-4-8-16(18)17-9-5-7-11-19(17)21/h4-11,15,20-22H,12-14H2,1-3H3,(H,27,29)(H,28,32)(H,30,31)/t15-,20-,22?/m1/s1. The summed E-state index contributed by atoms with van der Waals surface area (Å²) in [6.45, 7) is 6.03. The second-order valence-corrected chi connectivity index (χ2v) is 9.95. The van der Waals surface area contributed by atoms with Gasteiger partial charge in [-0.15, -0.1) is 0 Å². The fourth-order valence-corrected chi connectivity index (χ4v) is 4.54. The van der Waals surface area contributed by atoms with Crippen LogP contribution in [0, 0.1) is 17.3 Å². The van der Waals surface area contributed by atoms with Gasteiger partial charge in [0.25, 0.3) is 0 Å². The molecule has 0 saturated heterocycles. The summed E-state index contributed by atoms with van der Waals surface area (Å²) in [6, 6.07) is 15.4. The fourth-order valence-electron chi connectivity index (χ4n) is 4.54. The Balaban J connectivity index is 1.37. The molecule has 0 radical (unpaired) electrons. The molecule has 1 unspecified atom stereocenters. The quantitative estimate of drug-likeness (QED) is 0.596. The summed E-state index contributed by atoms with van der Waals surface area (Å²) in [7, 11) is 0. The van der Waals surface area contributed by atoms with E-state index in [0.717, 1.165) is 22.3 Å². The highest BCUT2D eigenvalue weighted by atomic mass is 16.5. The topological polar surface area (TPSA) is 105 Å². The number of nitrogens with one attached hydrogen (secondary N) is 2. The van der Waals surface area contributed by atoms with Gasteiger partial charge in [-0.1, -0.05) is 69.3 Å². The predicted molar refractivity (Wildman–Crippen MR) is 124 cm³/mol. The molecule has 2 aromatic carbocycles. The second-order valence-electron chi connectivity index (χ2n) is 9.95. The number of fused-ring (bicyclic) bond motifs is 3. The van der Waals surface area contributed by atoms with Crippen molar-refractivity contribution in [1.29, 1.82) is 0 Å². The minimum Gasteiger partial charge on any atom is -0.481 e. The Labute approximate surface area is 193 Å². The maximum atomic E-state index is 12.8. The maximum absolute atomic E-state index is 12.8. The van der Waals surface area contributed by atoms with Crippen LogP contribution in [0.25, 0.3) is 11.1 Å². The van der Waals surface area contributed by atoms with Crippen LogP contribution in [-0.4, -0.2) is 42.3 Å². The van der Waals surface area contributed by atoms with Gasteiger partial charge in [-0.2, -0.15) is 0 Å². The van der Waals surface area contributed by atoms with Crippen molar-refractivity contribution < 1.29 is 24.2 Å². The summed E-state index contributed by atoms with van der Waals surface area (Å²) in [4.78, 5) is 36.5. The van der Waals surface area contributed by atoms with Crippen molar-refractivity contribution >= 4 is 18.0 Å². The van der Waals surface area contributed by atoms with Gasteiger partial charge in [0.15, 0.2) is 0 Å². The smallest absolute Gasteiger partial charge is 0.407 e. The largest absolute Gasteiger partial charge is 0.481 e. The number of hydrogen-bond donors (Lipinski definition) is 3. The normalized spacial score (nSPS) is 19.7. The molecule has 1 fully saturated rings. The molecule has 0 heterocycles. The first kappa shape index (κ1) is 22.8. The Morgan fingerprint density at radius 2 is 1.61 bits per heavy atom. The van der Waals surface area contributed by atoms with E-state index in [4.69, 9.17) is 9.84 Å². The molecule has 0 aliphatic heterocycles. The lowest BCUT2D eigenvalue weighted by atomic mass is 9.86. The Bertz CT molecular complexity index is 1030. The molecule has 3 atom stereocenters. The second kappa shape index (κ2) is 8.89. The zero-order chi connectivity index (χ0) is 23.8. The van der Waals surface area contributed by atoms with Gasteiger partial charge in [-0.25, -0.2) is 4.79 Å². The minimum absolute atomic E-state index is 0.0541. The molecule has 2 amide bonds. The van der Waals surface area contributed by atoms with E-state index in [2.05, 4.69) is 34.9 Å². The third kappa shape index (κ3) is 4.87. The number of aliphatic carboxylic acids is 1. The number of carbonyl (C=O) groups is 3. The van der Waals surface area contributed by atoms with Gasteiger partial charge in [-0.05, 0) is 40.0 Å². The van der Waals surface area contributed by atoms with Gasteiger partial charge in [0.2, 0.25) is 5.91 Å². The van der Waals surface area contributed by atoms with Crippen molar-refractivity contribution in [2.75, 3.05) is 13.2 Å². The molecular formula is C26H30N2O5. The first-order chi connectivity index (χ1) is 15.7. The molecule has 2 aliphatic carbocycles. The van der Waals surface area contributed by atoms with Gasteiger partial charge in [-0.3, -0.25) is 9.59 Å². The van der Waals surface area contributed by atoms with Crippen molar-refractivity contribution in [2.45, 2.75) is 39.2 Å². The molecule has 3 N–H and O–H groups in total. The number of rotatable bonds is 7. The lowest BCUT2D eigenvalue weighted by Gasteiger charge is -2.30. The fraction of sp³-hybridized carbons (Fsp3) is 0.423. The SMILES string of the molecule is CC(C)(C)C(NC(=O)OCC1c2ccccc2-c2ccccc21)C(=O)NC[C@H]1C[C@H]1C(=O)O. The first-order valence-corrected chi connectivity index (χ1v) is 11.3. The zero-order valence-electron chi connectivity index (χ0n) is 19.1. The predicted octanol–water partition coefficient (Wildman–Crippen LogP) is 3.78. The minimum atomic E-state index is -0.835. The van der Waals surface area contributed by atoms with Gasteiger partial charge < -0.3 is 20.5 Å². The third-order valence-electron chi connectivity index (χ3n) is 6.51. The molecule has 4 rings (SSSR count). The summed E-state index contributed by atoms with van der Waals surface area (Å²) in [5.74, 6) is -1.69. The van der Waals surface area contributed by atoms with E-state index in [1.807, 2.05) is 45.0 Å². The number of alkyl carbamates (subject to hydrolysis) is 1. The summed E-state index contributed by atoms with van der Waals surface area (Å²) < 4.78 is 5.59. The Morgan fingerprint density at radius 3 is 2.12 bits per heavy atom. The molecular weight excluding hydrogens is 420 g/mol. The Morgan fingerprint density at radius 1 is 1.03 bits per heavy atom. The monoisotopic (exact) mass is 450 g/mol. The molecule has 33 heavy (non-hydrogen) atoms. The molecule has 2 aliphatic rings. The van der Waals surface area contributed by atoms with Crippen molar-refractivity contribution in [3.8, 4) is 11.1 Å². The summed E-state index contributed by atoms with van der Waals surface area (Å²) in [5, 5.41) is 14.5. The van der Waals surface area contributed by atoms with E-state index in [9.17, 15) is 14.4 Å². The molecule has 0 bridgehead atoms. The molecule has 0 spiro atoms. The van der Waals surface area contributed by atoms with Gasteiger partial charge >= 0.3 is 12.1 Å². The molecule has 1 saturated carbocycles. The molecule has 0 aromatic heterocycles.